The number of carbonyl (C=O) groups excluding carboxylic acids is 1. The van der Waals surface area contributed by atoms with Gasteiger partial charge >= 0.3 is 6.09 Å². The van der Waals surface area contributed by atoms with Crippen LogP contribution in [0, 0.1) is 0 Å². The number of carbonyl (C=O) groups is 1. The molecule has 0 spiro atoms. The van der Waals surface area contributed by atoms with E-state index in [-0.39, 0.29) is 0 Å². The summed E-state index contributed by atoms with van der Waals surface area (Å²) in [5.41, 5.74) is 0.813. The van der Waals surface area contributed by atoms with E-state index >= 15 is 0 Å². The monoisotopic (exact) mass is 441 g/mol. The first kappa shape index (κ1) is 18.2. The Morgan fingerprint density at radius 3 is 2.84 bits per heavy atom. The lowest BCUT2D eigenvalue weighted by molar-refractivity contribution is 0.0578. The number of rotatable bonds is 3. The van der Waals surface area contributed by atoms with Gasteiger partial charge in [0.25, 0.3) is 0 Å². The van der Waals surface area contributed by atoms with Crippen molar-refractivity contribution in [2.45, 2.75) is 32.9 Å². The van der Waals surface area contributed by atoms with Crippen molar-refractivity contribution in [3.8, 4) is 0 Å². The van der Waals surface area contributed by atoms with E-state index in [9.17, 15) is 4.79 Å². The molecule has 3 aromatic rings. The molecule has 0 fully saturated rings. The lowest BCUT2D eigenvalue weighted by Crippen LogP contribution is -2.36. The van der Waals surface area contributed by atoms with Crippen LogP contribution >= 0.6 is 38.9 Å². The molecule has 0 N–H and O–H groups in total. The number of nitrogens with zero attached hydrogens (tertiary/aromatic N) is 3. The molecule has 3 aromatic heterocycles. The van der Waals surface area contributed by atoms with Crippen LogP contribution in [0.1, 0.15) is 25.6 Å². The predicted molar refractivity (Wildman–Crippen MR) is 105 cm³/mol. The fourth-order valence-electron chi connectivity index (χ4n) is 2.35. The summed E-state index contributed by atoms with van der Waals surface area (Å²) in [7, 11) is 0. The maximum Gasteiger partial charge on any atom is 0.415 e. The highest BCUT2D eigenvalue weighted by Crippen LogP contribution is 2.30. The Morgan fingerprint density at radius 1 is 1.44 bits per heavy atom. The van der Waals surface area contributed by atoms with Crippen molar-refractivity contribution in [3.63, 3.8) is 0 Å². The second-order valence-corrected chi connectivity index (χ2v) is 8.82. The smallest absolute Gasteiger partial charge is 0.415 e. The van der Waals surface area contributed by atoms with E-state index in [0.29, 0.717) is 17.4 Å². The SMILES string of the molecule is CC(C)(C)OC(=O)N(Cc1cccs1)c1cc(Cl)nn2cc(Br)cc12. The fraction of sp³-hybridized carbons (Fsp3) is 0.294. The van der Waals surface area contributed by atoms with Crippen LogP contribution in [0.25, 0.3) is 5.52 Å². The van der Waals surface area contributed by atoms with Crippen LogP contribution in [0.3, 0.4) is 0 Å². The second kappa shape index (κ2) is 6.97. The topological polar surface area (TPSA) is 46.8 Å². The maximum absolute atomic E-state index is 12.9. The number of hydrogen-bond donors (Lipinski definition) is 0. The van der Waals surface area contributed by atoms with Gasteiger partial charge in [0, 0.05) is 21.6 Å². The summed E-state index contributed by atoms with van der Waals surface area (Å²) >= 11 is 11.2. The third-order valence-electron chi connectivity index (χ3n) is 3.29. The molecule has 3 rings (SSSR count). The van der Waals surface area contributed by atoms with Crippen molar-refractivity contribution in [2.24, 2.45) is 0 Å². The van der Waals surface area contributed by atoms with E-state index in [1.807, 2.05) is 44.4 Å². The molecule has 25 heavy (non-hydrogen) atoms. The maximum atomic E-state index is 12.9. The summed E-state index contributed by atoms with van der Waals surface area (Å²) in [6.45, 7) is 5.93. The first-order valence-electron chi connectivity index (χ1n) is 7.60. The van der Waals surface area contributed by atoms with E-state index in [2.05, 4.69) is 21.0 Å². The minimum absolute atomic E-state index is 0.297. The molecule has 5 nitrogen and oxygen atoms in total. The average Bonchev–Trinajstić information content (AvgIpc) is 3.10. The van der Waals surface area contributed by atoms with Crippen LogP contribution < -0.4 is 4.90 Å². The number of aromatic nitrogens is 2. The Bertz CT molecular complexity index is 903. The van der Waals surface area contributed by atoms with Gasteiger partial charge in [0.05, 0.1) is 17.7 Å². The highest BCUT2D eigenvalue weighted by molar-refractivity contribution is 9.10. The number of amides is 1. The molecule has 0 radical (unpaired) electrons. The van der Waals surface area contributed by atoms with Crippen molar-refractivity contribution < 1.29 is 9.53 Å². The molecule has 8 heteroatoms. The van der Waals surface area contributed by atoms with Gasteiger partial charge in [-0.3, -0.25) is 4.90 Å². The molecule has 0 unspecified atom stereocenters. The summed E-state index contributed by atoms with van der Waals surface area (Å²) in [5.74, 6) is 0. The summed E-state index contributed by atoms with van der Waals surface area (Å²) < 4.78 is 8.10. The molecule has 0 aliphatic rings. The van der Waals surface area contributed by atoms with E-state index in [1.165, 1.54) is 0 Å². The quantitative estimate of drug-likeness (QED) is 0.518. The molecular weight excluding hydrogens is 426 g/mol. The lowest BCUT2D eigenvalue weighted by atomic mass is 10.2. The normalized spacial score (nSPS) is 11.7. The number of ether oxygens (including phenoxy) is 1. The van der Waals surface area contributed by atoms with Crippen molar-refractivity contribution in [1.82, 2.24) is 9.61 Å². The van der Waals surface area contributed by atoms with Crippen LogP contribution in [0.5, 0.6) is 0 Å². The van der Waals surface area contributed by atoms with E-state index in [1.54, 1.807) is 33.0 Å². The molecule has 0 bridgehead atoms. The van der Waals surface area contributed by atoms with Crippen LogP contribution in [-0.4, -0.2) is 21.3 Å². The first-order chi connectivity index (χ1) is 11.7. The number of anilines is 1. The average molecular weight is 443 g/mol. The lowest BCUT2D eigenvalue weighted by Gasteiger charge is -2.27. The van der Waals surface area contributed by atoms with E-state index in [0.717, 1.165) is 14.9 Å². The number of thiophene rings is 1. The zero-order valence-corrected chi connectivity index (χ0v) is 17.2. The van der Waals surface area contributed by atoms with Crippen molar-refractivity contribution >= 4 is 56.2 Å². The molecular formula is C17H17BrClN3O2S. The molecule has 132 valence electrons. The first-order valence-corrected chi connectivity index (χ1v) is 9.65. The molecule has 0 atom stereocenters. The Morgan fingerprint density at radius 2 is 2.20 bits per heavy atom. The largest absolute Gasteiger partial charge is 0.443 e. The highest BCUT2D eigenvalue weighted by atomic mass is 79.9. The molecule has 0 aliphatic carbocycles. The Labute approximate surface area is 163 Å². The van der Waals surface area contributed by atoms with E-state index < -0.39 is 11.7 Å². The third-order valence-corrected chi connectivity index (χ3v) is 4.77. The highest BCUT2D eigenvalue weighted by Gasteiger charge is 2.26. The summed E-state index contributed by atoms with van der Waals surface area (Å²) in [6.07, 6.45) is 1.37. The minimum atomic E-state index is -0.597. The number of fused-ring (bicyclic) bond motifs is 1. The molecule has 3 heterocycles. The van der Waals surface area contributed by atoms with Crippen molar-refractivity contribution in [2.75, 3.05) is 4.90 Å². The summed E-state index contributed by atoms with van der Waals surface area (Å²) in [6, 6.07) is 7.51. The molecule has 0 saturated heterocycles. The number of halogens is 2. The van der Waals surface area contributed by atoms with Gasteiger partial charge in [-0.2, -0.15) is 5.10 Å². The molecule has 1 amide bonds. The van der Waals surface area contributed by atoms with Crippen LogP contribution in [0.4, 0.5) is 10.5 Å². The van der Waals surface area contributed by atoms with Gasteiger partial charge < -0.3 is 4.74 Å². The van der Waals surface area contributed by atoms with E-state index in [4.69, 9.17) is 16.3 Å². The third kappa shape index (κ3) is 4.34. The fourth-order valence-corrected chi connectivity index (χ4v) is 3.64. The summed E-state index contributed by atoms with van der Waals surface area (Å²) in [4.78, 5) is 15.5. The predicted octanol–water partition coefficient (Wildman–Crippen LogP) is 5.75. The van der Waals surface area contributed by atoms with Crippen LogP contribution in [-0.2, 0) is 11.3 Å². The van der Waals surface area contributed by atoms with Gasteiger partial charge in [0.15, 0.2) is 5.15 Å². The molecule has 0 aromatic carbocycles. The van der Waals surface area contributed by atoms with Crippen molar-refractivity contribution in [3.05, 3.63) is 50.3 Å². The minimum Gasteiger partial charge on any atom is -0.443 e. The summed E-state index contributed by atoms with van der Waals surface area (Å²) in [5, 5.41) is 6.52. The Hall–Kier alpha value is -1.57. The van der Waals surface area contributed by atoms with Crippen LogP contribution in [0.15, 0.2) is 40.3 Å². The van der Waals surface area contributed by atoms with Crippen LogP contribution in [0.2, 0.25) is 5.15 Å². The molecule has 0 aliphatic heterocycles. The van der Waals surface area contributed by atoms with Gasteiger partial charge in [-0.05, 0) is 54.2 Å². The number of hydrogen-bond acceptors (Lipinski definition) is 4. The molecule has 0 saturated carbocycles. The zero-order valence-electron chi connectivity index (χ0n) is 14.0. The van der Waals surface area contributed by atoms with Gasteiger partial charge in [-0.25, -0.2) is 9.31 Å². The zero-order chi connectivity index (χ0) is 18.2. The Balaban J connectivity index is 2.09. The van der Waals surface area contributed by atoms with Gasteiger partial charge in [-0.15, -0.1) is 11.3 Å². The standard InChI is InChI=1S/C17H17BrClN3O2S/c1-17(2,3)24-16(23)21(10-12-5-4-6-25-12)13-8-15(19)20-22-9-11(18)7-14(13)22/h4-9H,10H2,1-3H3. The van der Waals surface area contributed by atoms with Gasteiger partial charge in [0.2, 0.25) is 0 Å². The second-order valence-electron chi connectivity index (χ2n) is 6.49. The van der Waals surface area contributed by atoms with Gasteiger partial charge in [0.1, 0.15) is 5.60 Å². The van der Waals surface area contributed by atoms with Gasteiger partial charge in [-0.1, -0.05) is 17.7 Å². The Kier molecular flexibility index (Phi) is 5.09. The van der Waals surface area contributed by atoms with Crippen molar-refractivity contribution in [1.29, 1.82) is 0 Å².